The van der Waals surface area contributed by atoms with Gasteiger partial charge in [0.25, 0.3) is 0 Å². The molecule has 5 N–H and O–H groups in total. The van der Waals surface area contributed by atoms with Crippen LogP contribution in [0, 0.1) is 5.92 Å². The molecular formula is C73H136N2O18P2. The van der Waals surface area contributed by atoms with Crippen molar-refractivity contribution in [3.05, 3.63) is 37.5 Å². The Hall–Kier alpha value is -2.23. The van der Waals surface area contributed by atoms with Crippen LogP contribution in [0.5, 0.6) is 0 Å². The van der Waals surface area contributed by atoms with Gasteiger partial charge < -0.3 is 53.9 Å². The van der Waals surface area contributed by atoms with Crippen LogP contribution in [-0.2, 0) is 70.0 Å². The van der Waals surface area contributed by atoms with Crippen molar-refractivity contribution in [1.29, 1.82) is 0 Å². The number of unbranched alkanes of at least 4 members (excludes halogenated alkanes) is 30. The fourth-order valence-corrected chi connectivity index (χ4v) is 14.5. The third kappa shape index (κ3) is 42.6. The molecule has 2 amide bonds. The molecule has 0 aromatic rings. The third-order valence-corrected chi connectivity index (χ3v) is 20.0. The molecule has 1 saturated carbocycles. The number of methoxy groups -OCH3 is 2. The molecule has 2 aliphatic rings. The lowest BCUT2D eigenvalue weighted by atomic mass is 9.79. The number of carbonyl (C=O) groups is 3. The molecule has 2 fully saturated rings. The van der Waals surface area contributed by atoms with Crippen molar-refractivity contribution in [3.63, 3.8) is 0 Å². The van der Waals surface area contributed by atoms with E-state index >= 15 is 0 Å². The van der Waals surface area contributed by atoms with Gasteiger partial charge in [-0.15, -0.1) is 13.2 Å². The molecule has 20 nitrogen and oxygen atoms in total. The van der Waals surface area contributed by atoms with Gasteiger partial charge >= 0.3 is 15.6 Å². The van der Waals surface area contributed by atoms with Crippen LogP contribution in [0.1, 0.15) is 291 Å². The molecule has 556 valence electrons. The number of hydrogen-bond donors (Lipinski definition) is 5. The van der Waals surface area contributed by atoms with Gasteiger partial charge in [0, 0.05) is 46.2 Å². The molecular weight excluding hydrogens is 1250 g/mol. The quantitative estimate of drug-likeness (QED) is 0.0164. The maximum atomic E-state index is 14.6. The number of aliphatic hydroxyl groups excluding tert-OH is 1. The van der Waals surface area contributed by atoms with Crippen LogP contribution in [0.2, 0.25) is 0 Å². The van der Waals surface area contributed by atoms with Crippen LogP contribution in [-0.4, -0.2) is 147 Å². The Labute approximate surface area is 575 Å². The Bertz CT molecular complexity index is 2050. The first-order valence-electron chi connectivity index (χ1n) is 37.5. The molecule has 22 heteroatoms. The van der Waals surface area contributed by atoms with E-state index in [0.29, 0.717) is 25.7 Å². The number of ether oxygens (including phenoxy) is 6. The maximum Gasteiger partial charge on any atom is 0.475 e. The highest BCUT2D eigenvalue weighted by Gasteiger charge is 2.53. The maximum absolute atomic E-state index is 14.6. The fourth-order valence-electron chi connectivity index (χ4n) is 12.6. The SMILES string of the molecule is C=CCOP(=O)(OCC=C)O[C@@H]1C[C@H](CO[C@@H]2O[C@H](COC)[C@@H](OP(=O)(O)O)[C@H](OCC[C@@H](CCCCCCC)OC)[C@H]2NC(=O)CCCCCCCCC/C=C\CCCCCC)[C@@H](O)[C@H](OCCCCCCCCCC)[C@H]1NC(=O)CC(=O)CCCCCCCCCCC. The Morgan fingerprint density at radius 3 is 1.56 bits per heavy atom. The first-order valence-corrected chi connectivity index (χ1v) is 40.5. The van der Waals surface area contributed by atoms with Crippen LogP contribution in [0.25, 0.3) is 0 Å². The average molecular weight is 1390 g/mol. The highest BCUT2D eigenvalue weighted by Crippen LogP contribution is 2.53. The molecule has 1 heterocycles. The summed E-state index contributed by atoms with van der Waals surface area (Å²) < 4.78 is 88.9. The van der Waals surface area contributed by atoms with Gasteiger partial charge in [-0.25, -0.2) is 9.13 Å². The van der Waals surface area contributed by atoms with Crippen LogP contribution in [0.15, 0.2) is 37.5 Å². The van der Waals surface area contributed by atoms with E-state index in [2.05, 4.69) is 63.6 Å². The molecule has 0 aromatic carbocycles. The fraction of sp³-hybridized carbons (Fsp3) is 0.877. The summed E-state index contributed by atoms with van der Waals surface area (Å²) in [7, 11) is -6.70. The standard InChI is InChI=1S/C73H136N2O18P2/c1-9-15-19-23-26-29-30-31-32-33-34-36-38-42-46-50-65(77)74-68-72(87-55-51-62(85-8)49-45-40-22-18-12-4)70(93-94(80,81)82)64(59-84-7)91-73(68)88-58-60-56-63(92-95(83,89-52-13-5)90-53-14-6)67(71(69(60)79)86-54-47-43-39-28-25-21-17-11-3)75-66(78)57-61(76)48-44-41-37-35-27-24-20-16-10-2/h13-14,29-30,60,62-64,67-73,79H,5-6,9-12,15-28,31-59H2,1-4,7-8H3,(H,74,77)(H,75,78)(H2,80,81,82)/b30-29-/t60-,62-,63-,64-,67+,68-,69-,70-,71-,72-,73-/m1/s1. The van der Waals surface area contributed by atoms with E-state index in [1.54, 1.807) is 7.11 Å². The van der Waals surface area contributed by atoms with E-state index in [1.165, 1.54) is 83.5 Å². The summed E-state index contributed by atoms with van der Waals surface area (Å²) >= 11 is 0. The molecule has 1 aliphatic heterocycles. The van der Waals surface area contributed by atoms with Crippen molar-refractivity contribution in [1.82, 2.24) is 10.6 Å². The van der Waals surface area contributed by atoms with Crippen LogP contribution >= 0.6 is 15.6 Å². The second-order valence-electron chi connectivity index (χ2n) is 26.4. The zero-order valence-electron chi connectivity index (χ0n) is 60.2. The number of hydrogen-bond acceptors (Lipinski definition) is 16. The second kappa shape index (κ2) is 57.4. The van der Waals surface area contributed by atoms with E-state index in [9.17, 15) is 38.4 Å². The number of nitrogens with one attached hydrogen (secondary N) is 2. The minimum absolute atomic E-state index is 0.0470. The van der Waals surface area contributed by atoms with E-state index in [1.807, 2.05) is 0 Å². The molecule has 0 unspecified atom stereocenters. The number of rotatable bonds is 65. The van der Waals surface area contributed by atoms with Gasteiger partial charge in [0.05, 0.1) is 57.2 Å². The van der Waals surface area contributed by atoms with Crippen LogP contribution in [0.4, 0.5) is 0 Å². The first kappa shape index (κ1) is 88.9. The largest absolute Gasteiger partial charge is 0.475 e. The average Bonchev–Trinajstić information content (AvgIpc) is 0.799. The summed E-state index contributed by atoms with van der Waals surface area (Å²) in [6, 6.07) is -2.43. The van der Waals surface area contributed by atoms with Crippen LogP contribution < -0.4 is 10.6 Å². The highest BCUT2D eigenvalue weighted by molar-refractivity contribution is 7.48. The monoisotopic (exact) mass is 1390 g/mol. The van der Waals surface area contributed by atoms with Crippen molar-refractivity contribution in [2.75, 3.05) is 53.9 Å². The van der Waals surface area contributed by atoms with E-state index in [4.69, 9.17) is 46.5 Å². The summed E-state index contributed by atoms with van der Waals surface area (Å²) in [4.78, 5) is 62.8. The van der Waals surface area contributed by atoms with Gasteiger partial charge in [0.1, 0.15) is 36.2 Å². The van der Waals surface area contributed by atoms with Gasteiger partial charge in [-0.1, -0.05) is 232 Å². The first-order chi connectivity index (χ1) is 46.0. The van der Waals surface area contributed by atoms with Gasteiger partial charge in [0.2, 0.25) is 11.8 Å². The van der Waals surface area contributed by atoms with Gasteiger partial charge in [-0.2, -0.15) is 0 Å². The van der Waals surface area contributed by atoms with Crippen molar-refractivity contribution < 1.29 is 84.9 Å². The summed E-state index contributed by atoms with van der Waals surface area (Å²) in [6.45, 7) is 15.4. The minimum atomic E-state index is -5.25. The lowest BCUT2D eigenvalue weighted by Gasteiger charge is -2.47. The number of ketones is 1. The van der Waals surface area contributed by atoms with Crippen molar-refractivity contribution in [3.8, 4) is 0 Å². The number of aliphatic hydroxyl groups is 1. The minimum Gasteiger partial charge on any atom is -0.390 e. The molecule has 11 atom stereocenters. The van der Waals surface area contributed by atoms with Crippen LogP contribution in [0.3, 0.4) is 0 Å². The normalized spacial score (nSPS) is 22.1. The summed E-state index contributed by atoms with van der Waals surface area (Å²) in [5.41, 5.74) is 0. The lowest BCUT2D eigenvalue weighted by Crippen LogP contribution is -2.66. The predicted octanol–water partition coefficient (Wildman–Crippen LogP) is 16.7. The van der Waals surface area contributed by atoms with E-state index in [0.717, 1.165) is 148 Å². The second-order valence-corrected chi connectivity index (χ2v) is 29.3. The molecule has 1 aliphatic carbocycles. The Morgan fingerprint density at radius 1 is 0.547 bits per heavy atom. The zero-order valence-corrected chi connectivity index (χ0v) is 62.0. The molecule has 0 aromatic heterocycles. The number of carbonyl (C=O) groups excluding carboxylic acids is 3. The number of Topliss-reactive ketones (excluding diaryl/α,β-unsaturated/α-hetero) is 1. The molecule has 95 heavy (non-hydrogen) atoms. The summed E-state index contributed by atoms with van der Waals surface area (Å²) in [5.74, 6) is -2.16. The van der Waals surface area contributed by atoms with E-state index in [-0.39, 0.29) is 76.7 Å². The smallest absolute Gasteiger partial charge is 0.390 e. The number of allylic oxidation sites excluding steroid dienone is 2. The number of phosphoric ester groups is 2. The van der Waals surface area contributed by atoms with Crippen molar-refractivity contribution in [2.45, 2.75) is 352 Å². The Balaban J connectivity index is 2.60. The topological polar surface area (TPSA) is 262 Å². The zero-order chi connectivity index (χ0) is 69.6. The third-order valence-electron chi connectivity index (χ3n) is 18.0. The molecule has 2 rings (SSSR count). The number of amides is 2. The number of phosphoric acid groups is 2. The van der Waals surface area contributed by atoms with Crippen molar-refractivity contribution >= 4 is 33.2 Å². The van der Waals surface area contributed by atoms with Crippen molar-refractivity contribution in [2.24, 2.45) is 5.92 Å². The Morgan fingerprint density at radius 2 is 1.03 bits per heavy atom. The van der Waals surface area contributed by atoms with Gasteiger partial charge in [0.15, 0.2) is 6.29 Å². The predicted molar refractivity (Wildman–Crippen MR) is 378 cm³/mol. The lowest BCUT2D eigenvalue weighted by molar-refractivity contribution is -0.282. The molecule has 0 radical (unpaired) electrons. The molecule has 0 bridgehead atoms. The molecule has 1 saturated heterocycles. The summed E-state index contributed by atoms with van der Waals surface area (Å²) in [5, 5.41) is 18.7. The van der Waals surface area contributed by atoms with E-state index < -0.39 is 88.9 Å². The summed E-state index contributed by atoms with van der Waals surface area (Å²) in [6.07, 6.45) is 36.2. The van der Waals surface area contributed by atoms with Gasteiger partial charge in [-0.3, -0.25) is 32.5 Å². The molecule has 0 spiro atoms. The van der Waals surface area contributed by atoms with Gasteiger partial charge in [-0.05, 0) is 64.2 Å². The highest BCUT2D eigenvalue weighted by atomic mass is 31.2. The Kier molecular flexibility index (Phi) is 53.7.